The number of hydrogen-bond donors (Lipinski definition) is 2. The lowest BCUT2D eigenvalue weighted by Crippen LogP contribution is -2.28. The fraction of sp³-hybridized carbons (Fsp3) is 0.150. The van der Waals surface area contributed by atoms with Crippen LogP contribution in [0.2, 0.25) is 0 Å². The Morgan fingerprint density at radius 1 is 0.929 bits per heavy atom. The highest BCUT2D eigenvalue weighted by molar-refractivity contribution is 7.90. The Morgan fingerprint density at radius 2 is 1.61 bits per heavy atom. The van der Waals surface area contributed by atoms with E-state index >= 15 is 0 Å². The summed E-state index contributed by atoms with van der Waals surface area (Å²) in [5.41, 5.74) is 2.35. The van der Waals surface area contributed by atoms with Gasteiger partial charge in [0.25, 0.3) is 0 Å². The summed E-state index contributed by atoms with van der Waals surface area (Å²) < 4.78 is 32.9. The minimum Gasteiger partial charge on any atom is -0.489 e. The molecule has 3 rings (SSSR count). The van der Waals surface area contributed by atoms with E-state index in [-0.39, 0.29) is 0 Å². The average molecular weight is 398 g/mol. The Hall–Kier alpha value is -3.10. The zero-order valence-corrected chi connectivity index (χ0v) is 16.5. The predicted molar refractivity (Wildman–Crippen MR) is 111 cm³/mol. The van der Waals surface area contributed by atoms with Crippen LogP contribution in [0.4, 0.5) is 17.2 Å². The Labute approximate surface area is 165 Å². The number of nitrogens with one attached hydrogen (secondary N) is 2. The summed E-state index contributed by atoms with van der Waals surface area (Å²) in [6.45, 7) is 0.513. The number of hydrogen-bond acceptors (Lipinski definition) is 5. The van der Waals surface area contributed by atoms with E-state index in [1.807, 2.05) is 54.6 Å². The van der Waals surface area contributed by atoms with Crippen molar-refractivity contribution < 1.29 is 13.2 Å². The normalized spacial score (nSPS) is 11.2. The number of benzene rings is 2. The lowest BCUT2D eigenvalue weighted by Gasteiger charge is -2.13. The molecular weight excluding hydrogens is 376 g/mol. The molecule has 0 spiro atoms. The van der Waals surface area contributed by atoms with Crippen LogP contribution in [0.15, 0.2) is 72.9 Å². The molecule has 0 amide bonds. The first kappa shape index (κ1) is 19.7. The number of nitrogens with zero attached hydrogens (tertiary/aromatic N) is 2. The first-order valence-electron chi connectivity index (χ1n) is 8.62. The third-order valence-corrected chi connectivity index (χ3v) is 5.32. The van der Waals surface area contributed by atoms with Crippen LogP contribution in [-0.2, 0) is 16.8 Å². The van der Waals surface area contributed by atoms with Gasteiger partial charge in [-0.2, -0.15) is 12.7 Å². The summed E-state index contributed by atoms with van der Waals surface area (Å²) in [4.78, 5) is 4.23. The van der Waals surface area contributed by atoms with Gasteiger partial charge in [-0.05, 0) is 42.0 Å². The van der Waals surface area contributed by atoms with Crippen LogP contribution in [0.25, 0.3) is 0 Å². The van der Waals surface area contributed by atoms with E-state index < -0.39 is 10.2 Å². The maximum absolute atomic E-state index is 11.8. The molecule has 0 aliphatic carbocycles. The molecule has 146 valence electrons. The van der Waals surface area contributed by atoms with Crippen molar-refractivity contribution in [2.45, 2.75) is 6.61 Å². The molecule has 2 aromatic carbocycles. The Morgan fingerprint density at radius 3 is 2.21 bits per heavy atom. The molecule has 0 atom stereocenters. The van der Waals surface area contributed by atoms with Gasteiger partial charge in [0, 0.05) is 19.8 Å². The number of aromatic nitrogens is 1. The second-order valence-electron chi connectivity index (χ2n) is 6.25. The largest absolute Gasteiger partial charge is 0.489 e. The van der Waals surface area contributed by atoms with Crippen molar-refractivity contribution in [1.82, 2.24) is 9.29 Å². The van der Waals surface area contributed by atoms with Crippen LogP contribution in [0.1, 0.15) is 5.56 Å². The van der Waals surface area contributed by atoms with Crippen molar-refractivity contribution in [3.63, 3.8) is 0 Å². The molecule has 8 heteroatoms. The summed E-state index contributed by atoms with van der Waals surface area (Å²) >= 11 is 0. The van der Waals surface area contributed by atoms with Gasteiger partial charge in [0.1, 0.15) is 18.2 Å². The standard InChI is InChI=1S/C20H22N4O3S/c1-24(2)28(25,26)23-18-10-13-20(21-14-18)22-17-8-11-19(12-9-17)27-15-16-6-4-3-5-7-16/h3-14,23H,15H2,1-2H3,(H,21,22). The van der Waals surface area contributed by atoms with Crippen LogP contribution in [0.5, 0.6) is 5.75 Å². The van der Waals surface area contributed by atoms with E-state index in [4.69, 9.17) is 4.74 Å². The van der Waals surface area contributed by atoms with Gasteiger partial charge in [-0.15, -0.1) is 0 Å². The van der Waals surface area contributed by atoms with Gasteiger partial charge < -0.3 is 10.1 Å². The number of rotatable bonds is 8. The van der Waals surface area contributed by atoms with Crippen molar-refractivity contribution in [2.24, 2.45) is 0 Å². The fourth-order valence-electron chi connectivity index (χ4n) is 2.29. The smallest absolute Gasteiger partial charge is 0.301 e. The first-order valence-corrected chi connectivity index (χ1v) is 10.1. The zero-order chi connectivity index (χ0) is 20.0. The van der Waals surface area contributed by atoms with E-state index in [0.29, 0.717) is 18.1 Å². The minimum atomic E-state index is -3.54. The lowest BCUT2D eigenvalue weighted by molar-refractivity contribution is 0.306. The van der Waals surface area contributed by atoms with Crippen molar-refractivity contribution in [1.29, 1.82) is 0 Å². The van der Waals surface area contributed by atoms with Gasteiger partial charge >= 0.3 is 10.2 Å². The van der Waals surface area contributed by atoms with Crippen LogP contribution < -0.4 is 14.8 Å². The van der Waals surface area contributed by atoms with Gasteiger partial charge in [0.05, 0.1) is 11.9 Å². The molecule has 1 heterocycles. The minimum absolute atomic E-state index is 0.393. The third kappa shape index (κ3) is 5.45. The predicted octanol–water partition coefficient (Wildman–Crippen LogP) is 3.62. The molecule has 28 heavy (non-hydrogen) atoms. The van der Waals surface area contributed by atoms with Gasteiger partial charge in [0.2, 0.25) is 0 Å². The van der Waals surface area contributed by atoms with E-state index in [2.05, 4.69) is 15.0 Å². The van der Waals surface area contributed by atoms with Crippen LogP contribution >= 0.6 is 0 Å². The molecule has 0 saturated carbocycles. The highest BCUT2D eigenvalue weighted by Crippen LogP contribution is 2.21. The average Bonchev–Trinajstić information content (AvgIpc) is 2.69. The highest BCUT2D eigenvalue weighted by atomic mass is 32.2. The molecular formula is C20H22N4O3S. The Balaban J connectivity index is 1.56. The molecule has 0 aliphatic rings. The number of pyridine rings is 1. The zero-order valence-electron chi connectivity index (χ0n) is 15.7. The van der Waals surface area contributed by atoms with E-state index in [0.717, 1.165) is 21.3 Å². The van der Waals surface area contributed by atoms with Crippen molar-refractivity contribution in [3.8, 4) is 5.75 Å². The van der Waals surface area contributed by atoms with Crippen LogP contribution in [0, 0.1) is 0 Å². The van der Waals surface area contributed by atoms with Crippen molar-refractivity contribution >= 4 is 27.4 Å². The molecule has 7 nitrogen and oxygen atoms in total. The second-order valence-corrected chi connectivity index (χ2v) is 8.13. The van der Waals surface area contributed by atoms with Gasteiger partial charge in [-0.3, -0.25) is 4.72 Å². The van der Waals surface area contributed by atoms with Crippen LogP contribution in [0.3, 0.4) is 0 Å². The van der Waals surface area contributed by atoms with Crippen molar-refractivity contribution in [3.05, 3.63) is 78.5 Å². The SMILES string of the molecule is CN(C)S(=O)(=O)Nc1ccc(Nc2ccc(OCc3ccccc3)cc2)nc1. The number of ether oxygens (including phenoxy) is 1. The van der Waals surface area contributed by atoms with E-state index in [9.17, 15) is 8.42 Å². The van der Waals surface area contributed by atoms with Crippen LogP contribution in [-0.4, -0.2) is 31.8 Å². The summed E-state index contributed by atoms with van der Waals surface area (Å²) in [5.74, 6) is 1.38. The summed E-state index contributed by atoms with van der Waals surface area (Å²) in [6, 6.07) is 20.9. The summed E-state index contributed by atoms with van der Waals surface area (Å²) in [6.07, 6.45) is 1.46. The van der Waals surface area contributed by atoms with E-state index in [1.165, 1.54) is 20.3 Å². The molecule has 0 saturated heterocycles. The molecule has 0 aliphatic heterocycles. The molecule has 0 radical (unpaired) electrons. The molecule has 0 unspecified atom stereocenters. The Kier molecular flexibility index (Phi) is 6.13. The molecule has 0 bridgehead atoms. The maximum atomic E-state index is 11.8. The van der Waals surface area contributed by atoms with Gasteiger partial charge in [-0.25, -0.2) is 4.98 Å². The fourth-order valence-corrected chi connectivity index (χ4v) is 2.89. The topological polar surface area (TPSA) is 83.6 Å². The highest BCUT2D eigenvalue weighted by Gasteiger charge is 2.12. The second kappa shape index (κ2) is 8.73. The third-order valence-electron chi connectivity index (χ3n) is 3.87. The quantitative estimate of drug-likeness (QED) is 0.605. The van der Waals surface area contributed by atoms with Crippen molar-refractivity contribution in [2.75, 3.05) is 24.1 Å². The lowest BCUT2D eigenvalue weighted by atomic mass is 10.2. The molecule has 2 N–H and O–H groups in total. The Bertz CT molecular complexity index is 990. The monoisotopic (exact) mass is 398 g/mol. The maximum Gasteiger partial charge on any atom is 0.301 e. The summed E-state index contributed by atoms with van der Waals surface area (Å²) in [5, 5.41) is 3.16. The first-order chi connectivity index (χ1) is 13.4. The molecule has 3 aromatic rings. The molecule has 0 fully saturated rings. The van der Waals surface area contributed by atoms with E-state index in [1.54, 1.807) is 12.1 Å². The molecule has 1 aromatic heterocycles. The number of anilines is 3. The summed E-state index contributed by atoms with van der Waals surface area (Å²) in [7, 11) is -0.630. The van der Waals surface area contributed by atoms with Gasteiger partial charge in [0.15, 0.2) is 0 Å². The van der Waals surface area contributed by atoms with Gasteiger partial charge in [-0.1, -0.05) is 30.3 Å².